The van der Waals surface area contributed by atoms with E-state index in [0.717, 1.165) is 0 Å². The molecule has 1 aliphatic heterocycles. The Labute approximate surface area is 151 Å². The Morgan fingerprint density at radius 1 is 1.16 bits per heavy atom. The normalized spacial score (nSPS) is 14.1. The van der Waals surface area contributed by atoms with Gasteiger partial charge in [0.05, 0.1) is 10.6 Å². The number of rotatable bonds is 3. The Morgan fingerprint density at radius 2 is 1.84 bits per heavy atom. The van der Waals surface area contributed by atoms with Crippen LogP contribution in [0, 0.1) is 0 Å². The molecule has 1 fully saturated rings. The van der Waals surface area contributed by atoms with Crippen molar-refractivity contribution < 1.29 is 23.9 Å². The molecule has 0 radical (unpaired) electrons. The summed E-state index contributed by atoms with van der Waals surface area (Å²) in [6.07, 6.45) is 1.25. The number of carbonyl (C=O) groups excluding carboxylic acids is 2. The van der Waals surface area contributed by atoms with Crippen LogP contribution in [0.5, 0.6) is 0 Å². The largest absolute Gasteiger partial charge is 0.478 e. The van der Waals surface area contributed by atoms with E-state index < -0.39 is 17.8 Å². The molecular formula is C16H9ClN2O5S. The number of furan rings is 1. The van der Waals surface area contributed by atoms with Gasteiger partial charge >= 0.3 is 5.97 Å². The lowest BCUT2D eigenvalue weighted by atomic mass is 10.1. The molecule has 0 aliphatic carbocycles. The van der Waals surface area contributed by atoms with Crippen molar-refractivity contribution >= 4 is 52.8 Å². The van der Waals surface area contributed by atoms with Gasteiger partial charge in [-0.3, -0.25) is 20.2 Å². The Bertz CT molecular complexity index is 941. The zero-order chi connectivity index (χ0) is 18.1. The van der Waals surface area contributed by atoms with Crippen molar-refractivity contribution in [2.45, 2.75) is 0 Å². The molecule has 0 unspecified atom stereocenters. The van der Waals surface area contributed by atoms with Crippen molar-refractivity contribution in [2.75, 3.05) is 0 Å². The van der Waals surface area contributed by atoms with Gasteiger partial charge in [0.2, 0.25) is 0 Å². The second-order valence-electron chi connectivity index (χ2n) is 4.97. The topological polar surface area (TPSA) is 109 Å². The molecule has 2 heterocycles. The number of hydrogen-bond donors (Lipinski definition) is 3. The summed E-state index contributed by atoms with van der Waals surface area (Å²) in [4.78, 5) is 34.8. The summed E-state index contributed by atoms with van der Waals surface area (Å²) >= 11 is 10.8. The average molecular weight is 377 g/mol. The van der Waals surface area contributed by atoms with Gasteiger partial charge in [0.15, 0.2) is 5.11 Å². The summed E-state index contributed by atoms with van der Waals surface area (Å²) < 4.78 is 5.56. The van der Waals surface area contributed by atoms with Gasteiger partial charge in [0.25, 0.3) is 11.8 Å². The number of carboxylic acid groups (broad SMARTS) is 1. The van der Waals surface area contributed by atoms with E-state index in [1.165, 1.54) is 24.3 Å². The quantitative estimate of drug-likeness (QED) is 0.430. The Balaban J connectivity index is 1.96. The van der Waals surface area contributed by atoms with Crippen molar-refractivity contribution in [2.24, 2.45) is 0 Å². The van der Waals surface area contributed by atoms with Crippen LogP contribution >= 0.6 is 23.8 Å². The second kappa shape index (κ2) is 6.50. The van der Waals surface area contributed by atoms with E-state index >= 15 is 0 Å². The maximum Gasteiger partial charge on any atom is 0.337 e. The summed E-state index contributed by atoms with van der Waals surface area (Å²) in [7, 11) is 0. The van der Waals surface area contributed by atoms with Crippen molar-refractivity contribution in [1.29, 1.82) is 0 Å². The van der Waals surface area contributed by atoms with Gasteiger partial charge in [-0.2, -0.15) is 0 Å². The highest BCUT2D eigenvalue weighted by molar-refractivity contribution is 7.80. The molecule has 2 aromatic rings. The molecule has 9 heteroatoms. The number of hydrogen-bond acceptors (Lipinski definition) is 5. The van der Waals surface area contributed by atoms with Crippen LogP contribution in [0.1, 0.15) is 16.1 Å². The molecule has 3 rings (SSSR count). The highest BCUT2D eigenvalue weighted by Gasteiger charge is 2.26. The van der Waals surface area contributed by atoms with Gasteiger partial charge in [-0.15, -0.1) is 0 Å². The minimum Gasteiger partial charge on any atom is -0.478 e. The average Bonchev–Trinajstić information content (AvgIpc) is 2.99. The van der Waals surface area contributed by atoms with E-state index in [1.54, 1.807) is 12.1 Å². The Morgan fingerprint density at radius 3 is 2.48 bits per heavy atom. The maximum absolute atomic E-state index is 11.8. The smallest absolute Gasteiger partial charge is 0.337 e. The number of carboxylic acids is 1. The zero-order valence-electron chi connectivity index (χ0n) is 12.3. The van der Waals surface area contributed by atoms with Crippen molar-refractivity contribution in [1.82, 2.24) is 10.6 Å². The van der Waals surface area contributed by atoms with Crippen LogP contribution in [0.3, 0.4) is 0 Å². The van der Waals surface area contributed by atoms with E-state index in [1.807, 2.05) is 0 Å². The van der Waals surface area contributed by atoms with Crippen LogP contribution in [-0.4, -0.2) is 28.0 Å². The van der Waals surface area contributed by atoms with E-state index in [-0.39, 0.29) is 27.0 Å². The lowest BCUT2D eigenvalue weighted by molar-refractivity contribution is -0.123. The summed E-state index contributed by atoms with van der Waals surface area (Å²) in [5.41, 5.74) is 0.153. The molecule has 0 bridgehead atoms. The predicted octanol–water partition coefficient (Wildman–Crippen LogP) is 2.21. The number of nitrogens with one attached hydrogen (secondary N) is 2. The van der Waals surface area contributed by atoms with Crippen LogP contribution in [-0.2, 0) is 9.59 Å². The molecule has 0 saturated carbocycles. The van der Waals surface area contributed by atoms with E-state index in [4.69, 9.17) is 33.3 Å². The predicted molar refractivity (Wildman–Crippen MR) is 93.0 cm³/mol. The van der Waals surface area contributed by atoms with Gasteiger partial charge in [-0.1, -0.05) is 17.7 Å². The minimum atomic E-state index is -1.16. The molecule has 0 spiro atoms. The van der Waals surface area contributed by atoms with E-state index in [0.29, 0.717) is 11.3 Å². The molecule has 1 aliphatic rings. The van der Waals surface area contributed by atoms with Crippen LogP contribution < -0.4 is 10.6 Å². The number of benzene rings is 1. The zero-order valence-corrected chi connectivity index (χ0v) is 13.9. The van der Waals surface area contributed by atoms with Crippen molar-refractivity contribution in [3.05, 3.63) is 52.3 Å². The first-order chi connectivity index (χ1) is 11.9. The van der Waals surface area contributed by atoms with Gasteiger partial charge in [0, 0.05) is 5.56 Å². The maximum atomic E-state index is 11.8. The number of aromatic carboxylic acids is 1. The third kappa shape index (κ3) is 3.30. The van der Waals surface area contributed by atoms with Gasteiger partial charge in [0.1, 0.15) is 17.1 Å². The molecule has 2 amide bonds. The molecule has 1 aromatic carbocycles. The second-order valence-corrected chi connectivity index (χ2v) is 5.76. The summed E-state index contributed by atoms with van der Waals surface area (Å²) in [5.74, 6) is -1.92. The lowest BCUT2D eigenvalue weighted by Gasteiger charge is -2.15. The van der Waals surface area contributed by atoms with Crippen molar-refractivity contribution in [3.63, 3.8) is 0 Å². The van der Waals surface area contributed by atoms with Crippen LogP contribution in [0.25, 0.3) is 17.4 Å². The first kappa shape index (κ1) is 16.9. The van der Waals surface area contributed by atoms with E-state index in [2.05, 4.69) is 10.6 Å². The molecule has 126 valence electrons. The third-order valence-electron chi connectivity index (χ3n) is 3.35. The standard InChI is InChI=1S/C16H9ClN2O5S/c17-12-8(2-1-3-9(12)15(22)23)11-5-4-7(24-11)6-10-13(20)18-16(25)19-14(10)21/h1-6H,(H,22,23)(H2,18,19,20,21,25). The lowest BCUT2D eigenvalue weighted by Crippen LogP contribution is -2.51. The minimum absolute atomic E-state index is 0.0297. The first-order valence-electron chi connectivity index (χ1n) is 6.87. The van der Waals surface area contributed by atoms with Crippen LogP contribution in [0.4, 0.5) is 0 Å². The molecule has 0 atom stereocenters. The Kier molecular flexibility index (Phi) is 4.39. The monoisotopic (exact) mass is 376 g/mol. The number of thiocarbonyl (C=S) groups is 1. The van der Waals surface area contributed by atoms with Crippen LogP contribution in [0.2, 0.25) is 5.02 Å². The number of amides is 2. The molecule has 1 aromatic heterocycles. The fourth-order valence-corrected chi connectivity index (χ4v) is 2.70. The van der Waals surface area contributed by atoms with E-state index in [9.17, 15) is 14.4 Å². The highest BCUT2D eigenvalue weighted by Crippen LogP contribution is 2.32. The molecular weight excluding hydrogens is 368 g/mol. The van der Waals surface area contributed by atoms with Crippen LogP contribution in [0.15, 0.2) is 40.3 Å². The molecule has 1 saturated heterocycles. The van der Waals surface area contributed by atoms with Gasteiger partial charge in [-0.25, -0.2) is 4.79 Å². The molecule has 3 N–H and O–H groups in total. The van der Waals surface area contributed by atoms with Crippen molar-refractivity contribution in [3.8, 4) is 11.3 Å². The molecule has 25 heavy (non-hydrogen) atoms. The van der Waals surface area contributed by atoms with Gasteiger partial charge < -0.3 is 9.52 Å². The first-order valence-corrected chi connectivity index (χ1v) is 7.66. The SMILES string of the molecule is O=C1NC(=S)NC(=O)C1=Cc1ccc(-c2cccc(C(=O)O)c2Cl)o1. The molecule has 7 nitrogen and oxygen atoms in total. The summed E-state index contributed by atoms with van der Waals surface area (Å²) in [5, 5.41) is 13.7. The third-order valence-corrected chi connectivity index (χ3v) is 3.96. The highest BCUT2D eigenvalue weighted by atomic mass is 35.5. The fraction of sp³-hybridized carbons (Fsp3) is 0. The summed E-state index contributed by atoms with van der Waals surface area (Å²) in [6, 6.07) is 7.60. The van der Waals surface area contributed by atoms with Gasteiger partial charge in [-0.05, 0) is 42.6 Å². The fourth-order valence-electron chi connectivity index (χ4n) is 2.21. The number of halogens is 1. The Hall–Kier alpha value is -2.97. The number of carbonyl (C=O) groups is 3. The summed E-state index contributed by atoms with van der Waals surface area (Å²) in [6.45, 7) is 0.